The van der Waals surface area contributed by atoms with Gasteiger partial charge >= 0.3 is 0 Å². The first-order valence-electron chi connectivity index (χ1n) is 10.8. The van der Waals surface area contributed by atoms with Crippen molar-refractivity contribution >= 4 is 28.3 Å². The van der Waals surface area contributed by atoms with Gasteiger partial charge < -0.3 is 11.5 Å². The summed E-state index contributed by atoms with van der Waals surface area (Å²) < 4.78 is 1.41. The fourth-order valence-corrected chi connectivity index (χ4v) is 3.76. The predicted octanol–water partition coefficient (Wildman–Crippen LogP) is 4.25. The highest BCUT2D eigenvalue weighted by Gasteiger charge is 2.15. The normalized spacial score (nSPS) is 10.3. The van der Waals surface area contributed by atoms with E-state index in [0.717, 1.165) is 28.6 Å². The first-order valence-corrected chi connectivity index (χ1v) is 10.8. The number of hydrogen-bond acceptors (Lipinski definition) is 5. The Morgan fingerprint density at radius 3 is 2.59 bits per heavy atom. The first kappa shape index (κ1) is 22.5. The zero-order chi connectivity index (χ0) is 24.1. The second-order valence-corrected chi connectivity index (χ2v) is 7.46. The minimum Gasteiger partial charge on any atom is -0.381 e. The number of pyridine rings is 1. The molecule has 3 aromatic heterocycles. The second kappa shape index (κ2) is 9.84. The minimum atomic E-state index is -0.619. The van der Waals surface area contributed by atoms with Crippen molar-refractivity contribution in [2.45, 2.75) is 20.3 Å². The van der Waals surface area contributed by atoms with Crippen LogP contribution in [0.4, 0.5) is 5.82 Å². The number of hydrogen-bond donors (Lipinski definition) is 2. The molecule has 34 heavy (non-hydrogen) atoms. The number of benzene rings is 2. The molecule has 0 spiro atoms. The van der Waals surface area contributed by atoms with Crippen LogP contribution in [0.15, 0.2) is 73.1 Å². The Kier molecular flexibility index (Phi) is 6.51. The SMILES string of the molecule is CC#Cc1cccc2nc(CC)c(-c3ccccc3)cc12.NC(=O)c1c(N)nn2cccnc12. The number of primary amides is 1. The maximum Gasteiger partial charge on any atom is 0.256 e. The Bertz CT molecular complexity index is 1540. The second-order valence-electron chi connectivity index (χ2n) is 7.46. The summed E-state index contributed by atoms with van der Waals surface area (Å²) in [6, 6.07) is 20.5. The van der Waals surface area contributed by atoms with Crippen LogP contribution >= 0.6 is 0 Å². The van der Waals surface area contributed by atoms with Crippen molar-refractivity contribution in [2.24, 2.45) is 5.73 Å². The summed E-state index contributed by atoms with van der Waals surface area (Å²) in [6.07, 6.45) is 4.11. The number of anilines is 1. The molecule has 0 unspecified atom stereocenters. The summed E-state index contributed by atoms with van der Waals surface area (Å²) >= 11 is 0. The van der Waals surface area contributed by atoms with Crippen LogP contribution in [0.1, 0.15) is 35.5 Å². The number of rotatable bonds is 3. The summed E-state index contributed by atoms with van der Waals surface area (Å²) in [5.41, 5.74) is 16.8. The fourth-order valence-electron chi connectivity index (χ4n) is 3.76. The molecule has 5 rings (SSSR count). The van der Waals surface area contributed by atoms with Gasteiger partial charge in [-0.1, -0.05) is 49.2 Å². The fraction of sp³-hybridized carbons (Fsp3) is 0.111. The molecule has 0 saturated heterocycles. The molecule has 7 nitrogen and oxygen atoms in total. The zero-order valence-corrected chi connectivity index (χ0v) is 19.0. The summed E-state index contributed by atoms with van der Waals surface area (Å²) in [6.45, 7) is 4.01. The van der Waals surface area contributed by atoms with Gasteiger partial charge in [0.05, 0.1) is 5.52 Å². The highest BCUT2D eigenvalue weighted by Crippen LogP contribution is 2.28. The number of aromatic nitrogens is 4. The molecular weight excluding hydrogens is 424 g/mol. The van der Waals surface area contributed by atoms with Gasteiger partial charge in [-0.25, -0.2) is 9.50 Å². The number of nitrogens with two attached hydrogens (primary N) is 2. The Morgan fingerprint density at radius 2 is 1.88 bits per heavy atom. The number of carbonyl (C=O) groups excluding carboxylic acids is 1. The third-order valence-corrected chi connectivity index (χ3v) is 5.29. The Labute approximate surface area is 197 Å². The lowest BCUT2D eigenvalue weighted by atomic mass is 9.98. The van der Waals surface area contributed by atoms with Gasteiger partial charge in [0.1, 0.15) is 5.56 Å². The van der Waals surface area contributed by atoms with Crippen molar-refractivity contribution in [1.82, 2.24) is 19.6 Å². The van der Waals surface area contributed by atoms with Gasteiger partial charge in [-0.2, -0.15) is 0 Å². The van der Waals surface area contributed by atoms with Crippen molar-refractivity contribution in [3.63, 3.8) is 0 Å². The number of amides is 1. The van der Waals surface area contributed by atoms with E-state index in [1.165, 1.54) is 15.6 Å². The number of nitrogens with zero attached hydrogens (tertiary/aromatic N) is 4. The predicted molar refractivity (Wildman–Crippen MR) is 135 cm³/mol. The molecule has 0 aliphatic rings. The molecule has 7 heteroatoms. The lowest BCUT2D eigenvalue weighted by molar-refractivity contribution is 0.100. The Morgan fingerprint density at radius 1 is 1.09 bits per heavy atom. The van der Waals surface area contributed by atoms with Crippen LogP contribution in [-0.2, 0) is 6.42 Å². The average Bonchev–Trinajstić information content (AvgIpc) is 3.20. The molecule has 168 valence electrons. The number of aryl methyl sites for hydroxylation is 1. The standard InChI is InChI=1S/C20H17N.C7H7N5O/c1-3-9-15-12-8-13-20-18(15)14-17(19(4-2)21-20)16-10-6-5-7-11-16;8-5-4(6(9)13)7-10-2-1-3-12(7)11-5/h5-8,10-14H,4H2,1-2H3;1-3H,(H2,8,11)(H2,9,13). The van der Waals surface area contributed by atoms with Gasteiger partial charge in [0.15, 0.2) is 11.5 Å². The van der Waals surface area contributed by atoms with E-state index in [1.54, 1.807) is 18.5 Å². The third kappa shape index (κ3) is 4.43. The maximum atomic E-state index is 10.9. The van der Waals surface area contributed by atoms with Gasteiger partial charge in [-0.05, 0) is 43.2 Å². The molecule has 0 aliphatic carbocycles. The zero-order valence-electron chi connectivity index (χ0n) is 19.0. The highest BCUT2D eigenvalue weighted by molar-refractivity contribution is 6.03. The molecule has 0 saturated carbocycles. The van der Waals surface area contributed by atoms with Crippen LogP contribution in [0.5, 0.6) is 0 Å². The highest BCUT2D eigenvalue weighted by atomic mass is 16.1. The van der Waals surface area contributed by atoms with Crippen molar-refractivity contribution in [2.75, 3.05) is 5.73 Å². The summed E-state index contributed by atoms with van der Waals surface area (Å²) in [5, 5.41) is 4.99. The van der Waals surface area contributed by atoms with Crippen LogP contribution in [0, 0.1) is 11.8 Å². The number of fused-ring (bicyclic) bond motifs is 2. The van der Waals surface area contributed by atoms with Crippen LogP contribution in [0.25, 0.3) is 27.7 Å². The lowest BCUT2D eigenvalue weighted by Crippen LogP contribution is -2.12. The summed E-state index contributed by atoms with van der Waals surface area (Å²) in [4.78, 5) is 19.7. The molecule has 4 N–H and O–H groups in total. The van der Waals surface area contributed by atoms with E-state index in [-0.39, 0.29) is 11.4 Å². The van der Waals surface area contributed by atoms with Crippen LogP contribution in [-0.4, -0.2) is 25.5 Å². The van der Waals surface area contributed by atoms with E-state index in [4.69, 9.17) is 16.5 Å². The molecule has 0 atom stereocenters. The van der Waals surface area contributed by atoms with Crippen LogP contribution in [0.2, 0.25) is 0 Å². The van der Waals surface area contributed by atoms with E-state index in [0.29, 0.717) is 5.65 Å². The van der Waals surface area contributed by atoms with Crippen LogP contribution in [0.3, 0.4) is 0 Å². The first-order chi connectivity index (χ1) is 16.5. The molecule has 3 heterocycles. The van der Waals surface area contributed by atoms with Gasteiger partial charge in [0.25, 0.3) is 5.91 Å². The summed E-state index contributed by atoms with van der Waals surface area (Å²) in [7, 11) is 0. The van der Waals surface area contributed by atoms with Gasteiger partial charge in [-0.15, -0.1) is 11.0 Å². The summed E-state index contributed by atoms with van der Waals surface area (Å²) in [5.74, 6) is 5.65. The minimum absolute atomic E-state index is 0.103. The molecule has 0 aliphatic heterocycles. The van der Waals surface area contributed by atoms with E-state index < -0.39 is 5.91 Å². The molecule has 1 amide bonds. The topological polar surface area (TPSA) is 112 Å². The van der Waals surface area contributed by atoms with E-state index in [9.17, 15) is 4.79 Å². The van der Waals surface area contributed by atoms with E-state index in [1.807, 2.05) is 19.1 Å². The van der Waals surface area contributed by atoms with E-state index in [2.05, 4.69) is 71.3 Å². The number of nitrogen functional groups attached to an aromatic ring is 1. The van der Waals surface area contributed by atoms with Crippen LogP contribution < -0.4 is 11.5 Å². The third-order valence-electron chi connectivity index (χ3n) is 5.29. The number of carbonyl (C=O) groups is 1. The molecule has 0 fully saturated rings. The van der Waals surface area contributed by atoms with Crippen molar-refractivity contribution in [3.8, 4) is 23.0 Å². The van der Waals surface area contributed by atoms with Gasteiger partial charge in [0.2, 0.25) is 0 Å². The largest absolute Gasteiger partial charge is 0.381 e. The Hall–Kier alpha value is -4.70. The van der Waals surface area contributed by atoms with E-state index >= 15 is 0 Å². The Balaban J connectivity index is 0.000000180. The maximum absolute atomic E-state index is 10.9. The molecule has 0 radical (unpaired) electrons. The van der Waals surface area contributed by atoms with Gasteiger partial charge in [0, 0.05) is 34.6 Å². The van der Waals surface area contributed by atoms with Crippen molar-refractivity contribution in [3.05, 3.63) is 89.9 Å². The average molecular weight is 449 g/mol. The lowest BCUT2D eigenvalue weighted by Gasteiger charge is -2.10. The molecule has 2 aromatic carbocycles. The monoisotopic (exact) mass is 448 g/mol. The molecular formula is C27H24N6O. The van der Waals surface area contributed by atoms with Gasteiger partial charge in [-0.3, -0.25) is 9.78 Å². The van der Waals surface area contributed by atoms with Crippen molar-refractivity contribution in [1.29, 1.82) is 0 Å². The molecule has 0 bridgehead atoms. The smallest absolute Gasteiger partial charge is 0.256 e. The molecule has 5 aromatic rings. The van der Waals surface area contributed by atoms with Crippen molar-refractivity contribution < 1.29 is 4.79 Å². The quantitative estimate of drug-likeness (QED) is 0.401.